The Kier molecular flexibility index (Phi) is 4.22. The highest BCUT2D eigenvalue weighted by molar-refractivity contribution is 9.18. The second-order valence-electron chi connectivity index (χ2n) is 3.50. The number of aromatic nitrogens is 2. The van der Waals surface area contributed by atoms with Crippen LogP contribution >= 0.6 is 27.3 Å². The Morgan fingerprint density at radius 3 is 3.06 bits per heavy atom. The lowest BCUT2D eigenvalue weighted by Gasteiger charge is -1.95. The molecule has 0 saturated carbocycles. The van der Waals surface area contributed by atoms with Gasteiger partial charge in [0.2, 0.25) is 0 Å². The first-order valence-corrected chi connectivity index (χ1v) is 6.83. The summed E-state index contributed by atoms with van der Waals surface area (Å²) in [6.45, 7) is 1.95. The van der Waals surface area contributed by atoms with Crippen molar-refractivity contribution in [3.63, 3.8) is 0 Å². The molecule has 2 rings (SSSR count). The SMILES string of the molecule is Cc1nc(-c2cccnc2)sc1N/C=C\C(=N)Br. The molecular formula is C12H11BrN4S. The molecule has 2 aromatic heterocycles. The Balaban J connectivity index is 2.20. The summed E-state index contributed by atoms with van der Waals surface area (Å²) < 4.78 is 0.324. The second kappa shape index (κ2) is 5.88. The lowest BCUT2D eigenvalue weighted by atomic mass is 10.3. The van der Waals surface area contributed by atoms with Crippen LogP contribution in [0.25, 0.3) is 10.6 Å². The molecule has 0 amide bonds. The Hall–Kier alpha value is -1.53. The minimum atomic E-state index is 0.324. The zero-order chi connectivity index (χ0) is 13.0. The third-order valence-corrected chi connectivity index (χ3v) is 3.55. The minimum Gasteiger partial charge on any atom is -0.352 e. The van der Waals surface area contributed by atoms with Gasteiger partial charge in [-0.2, -0.15) is 0 Å². The maximum absolute atomic E-state index is 7.22. The van der Waals surface area contributed by atoms with E-state index in [2.05, 4.69) is 31.2 Å². The summed E-state index contributed by atoms with van der Waals surface area (Å²) >= 11 is 4.61. The maximum Gasteiger partial charge on any atom is 0.127 e. The van der Waals surface area contributed by atoms with Crippen molar-refractivity contribution in [3.05, 3.63) is 42.5 Å². The van der Waals surface area contributed by atoms with E-state index in [9.17, 15) is 0 Å². The van der Waals surface area contributed by atoms with E-state index in [4.69, 9.17) is 5.41 Å². The number of halogens is 1. The minimum absolute atomic E-state index is 0.324. The molecule has 0 aliphatic carbocycles. The highest BCUT2D eigenvalue weighted by Crippen LogP contribution is 2.31. The van der Waals surface area contributed by atoms with Gasteiger partial charge in [-0.05, 0) is 41.1 Å². The molecule has 0 aliphatic rings. The highest BCUT2D eigenvalue weighted by Gasteiger charge is 2.08. The van der Waals surface area contributed by atoms with Gasteiger partial charge in [-0.15, -0.1) is 0 Å². The normalized spacial score (nSPS) is 10.8. The van der Waals surface area contributed by atoms with Crippen LogP contribution in [0, 0.1) is 12.3 Å². The van der Waals surface area contributed by atoms with E-state index in [1.54, 1.807) is 36.0 Å². The van der Waals surface area contributed by atoms with Crippen LogP contribution in [0.4, 0.5) is 5.00 Å². The molecule has 6 heteroatoms. The van der Waals surface area contributed by atoms with Gasteiger partial charge in [0.1, 0.15) is 10.0 Å². The van der Waals surface area contributed by atoms with Gasteiger partial charge in [0.25, 0.3) is 0 Å². The predicted octanol–water partition coefficient (Wildman–Crippen LogP) is 3.81. The van der Waals surface area contributed by atoms with Crippen molar-refractivity contribution in [2.45, 2.75) is 6.92 Å². The number of rotatable bonds is 4. The van der Waals surface area contributed by atoms with Crippen LogP contribution in [0.3, 0.4) is 0 Å². The maximum atomic E-state index is 7.22. The van der Waals surface area contributed by atoms with Gasteiger partial charge in [0.05, 0.1) is 10.3 Å². The molecule has 0 atom stereocenters. The number of hydrogen-bond acceptors (Lipinski definition) is 5. The molecule has 0 aliphatic heterocycles. The second-order valence-corrected chi connectivity index (χ2v) is 5.35. The van der Waals surface area contributed by atoms with Crippen LogP contribution in [0.2, 0.25) is 0 Å². The monoisotopic (exact) mass is 322 g/mol. The van der Waals surface area contributed by atoms with Crippen molar-refractivity contribution < 1.29 is 0 Å². The van der Waals surface area contributed by atoms with Crippen LogP contribution < -0.4 is 5.32 Å². The Morgan fingerprint density at radius 1 is 1.56 bits per heavy atom. The summed E-state index contributed by atoms with van der Waals surface area (Å²) in [6, 6.07) is 3.88. The summed E-state index contributed by atoms with van der Waals surface area (Å²) in [5, 5.41) is 12.2. The lowest BCUT2D eigenvalue weighted by Crippen LogP contribution is -1.87. The quantitative estimate of drug-likeness (QED) is 0.841. The van der Waals surface area contributed by atoms with E-state index >= 15 is 0 Å². The molecule has 0 aromatic carbocycles. The van der Waals surface area contributed by atoms with Gasteiger partial charge in [0, 0.05) is 24.2 Å². The summed E-state index contributed by atoms with van der Waals surface area (Å²) in [5.74, 6) is 0. The highest BCUT2D eigenvalue weighted by atomic mass is 79.9. The molecule has 2 aromatic rings. The van der Waals surface area contributed by atoms with Crippen molar-refractivity contribution in [2.24, 2.45) is 0 Å². The molecule has 0 saturated heterocycles. The fourth-order valence-electron chi connectivity index (χ4n) is 1.33. The van der Waals surface area contributed by atoms with E-state index in [0.717, 1.165) is 21.3 Å². The van der Waals surface area contributed by atoms with Crippen LogP contribution in [0.1, 0.15) is 5.69 Å². The van der Waals surface area contributed by atoms with E-state index in [1.807, 2.05) is 19.1 Å². The number of allylic oxidation sites excluding steroid dienone is 1. The number of pyridine rings is 1. The number of hydrogen-bond donors (Lipinski definition) is 2. The van der Waals surface area contributed by atoms with E-state index in [0.29, 0.717) is 4.62 Å². The van der Waals surface area contributed by atoms with E-state index in [-0.39, 0.29) is 0 Å². The first kappa shape index (κ1) is 12.9. The van der Waals surface area contributed by atoms with E-state index < -0.39 is 0 Å². The Bertz CT molecular complexity index is 577. The van der Waals surface area contributed by atoms with Crippen LogP contribution in [-0.2, 0) is 0 Å². The molecule has 0 unspecified atom stereocenters. The Labute approximate surface area is 117 Å². The standard InChI is InChI=1S/C12H11BrN4S/c1-8-11(16-6-4-10(13)14)18-12(17-8)9-3-2-5-15-7-9/h2-7,14,16H,1H3/b6-4-,14-10?. The molecule has 4 nitrogen and oxygen atoms in total. The van der Waals surface area contributed by atoms with Gasteiger partial charge in [-0.25, -0.2) is 4.98 Å². The number of nitrogens with zero attached hydrogens (tertiary/aromatic N) is 2. The number of anilines is 1. The first-order chi connectivity index (χ1) is 8.66. The number of aryl methyl sites for hydroxylation is 1. The molecule has 2 heterocycles. The predicted molar refractivity (Wildman–Crippen MR) is 79.5 cm³/mol. The number of nitrogens with one attached hydrogen (secondary N) is 2. The van der Waals surface area contributed by atoms with Gasteiger partial charge in [0.15, 0.2) is 0 Å². The van der Waals surface area contributed by atoms with Crippen LogP contribution in [-0.4, -0.2) is 14.6 Å². The van der Waals surface area contributed by atoms with Crippen molar-refractivity contribution in [1.82, 2.24) is 9.97 Å². The summed E-state index contributed by atoms with van der Waals surface area (Å²) in [7, 11) is 0. The number of thiazole rings is 1. The largest absolute Gasteiger partial charge is 0.352 e. The zero-order valence-corrected chi connectivity index (χ0v) is 12.0. The van der Waals surface area contributed by atoms with Crippen molar-refractivity contribution in [2.75, 3.05) is 5.32 Å². The van der Waals surface area contributed by atoms with Gasteiger partial charge in [-0.3, -0.25) is 10.4 Å². The fraction of sp³-hybridized carbons (Fsp3) is 0.0833. The van der Waals surface area contributed by atoms with Crippen LogP contribution in [0.15, 0.2) is 36.8 Å². The van der Waals surface area contributed by atoms with Crippen LogP contribution in [0.5, 0.6) is 0 Å². The molecule has 0 spiro atoms. The molecular weight excluding hydrogens is 312 g/mol. The molecule has 2 N–H and O–H groups in total. The summed E-state index contributed by atoms with van der Waals surface area (Å²) in [6.07, 6.45) is 6.88. The smallest absolute Gasteiger partial charge is 0.127 e. The Morgan fingerprint density at radius 2 is 2.39 bits per heavy atom. The average Bonchev–Trinajstić information content (AvgIpc) is 2.72. The van der Waals surface area contributed by atoms with Crippen molar-refractivity contribution >= 4 is 36.9 Å². The molecule has 0 radical (unpaired) electrons. The lowest BCUT2D eigenvalue weighted by molar-refractivity contribution is 1.25. The van der Waals surface area contributed by atoms with E-state index in [1.165, 1.54) is 0 Å². The topological polar surface area (TPSA) is 61.7 Å². The van der Waals surface area contributed by atoms with Gasteiger partial charge in [-0.1, -0.05) is 11.3 Å². The molecule has 0 bridgehead atoms. The summed E-state index contributed by atoms with van der Waals surface area (Å²) in [5.41, 5.74) is 1.94. The summed E-state index contributed by atoms with van der Waals surface area (Å²) in [4.78, 5) is 8.58. The third-order valence-electron chi connectivity index (χ3n) is 2.15. The van der Waals surface area contributed by atoms with Gasteiger partial charge >= 0.3 is 0 Å². The fourth-order valence-corrected chi connectivity index (χ4v) is 2.40. The molecule has 18 heavy (non-hydrogen) atoms. The molecule has 92 valence electrons. The average molecular weight is 323 g/mol. The van der Waals surface area contributed by atoms with Crippen molar-refractivity contribution in [3.8, 4) is 10.6 Å². The van der Waals surface area contributed by atoms with Gasteiger partial charge < -0.3 is 5.32 Å². The molecule has 0 fully saturated rings. The zero-order valence-electron chi connectivity index (χ0n) is 9.64. The van der Waals surface area contributed by atoms with Crippen molar-refractivity contribution in [1.29, 1.82) is 5.41 Å². The third kappa shape index (κ3) is 3.24. The first-order valence-electron chi connectivity index (χ1n) is 5.22.